The summed E-state index contributed by atoms with van der Waals surface area (Å²) in [4.78, 5) is 31.9. The maximum absolute atomic E-state index is 13.3. The van der Waals surface area contributed by atoms with E-state index in [0.29, 0.717) is 18.9 Å². The molecule has 1 saturated carbocycles. The van der Waals surface area contributed by atoms with Gasteiger partial charge < -0.3 is 15.5 Å². The predicted octanol–water partition coefficient (Wildman–Crippen LogP) is -0.219. The lowest BCUT2D eigenvalue weighted by atomic mass is 10.1. The molecule has 0 radical (unpaired) electrons. The zero-order valence-corrected chi connectivity index (χ0v) is 20.1. The van der Waals surface area contributed by atoms with Gasteiger partial charge in [0.25, 0.3) is 0 Å². The third kappa shape index (κ3) is 3.69. The van der Waals surface area contributed by atoms with Crippen LogP contribution in [-0.2, 0) is 19.6 Å². The summed E-state index contributed by atoms with van der Waals surface area (Å²) in [6.45, 7) is 2.81. The Labute approximate surface area is 199 Å². The van der Waals surface area contributed by atoms with E-state index in [0.717, 1.165) is 18.4 Å². The maximum Gasteiger partial charge on any atom is 0.242 e. The summed E-state index contributed by atoms with van der Waals surface area (Å²) in [5.41, 5.74) is 7.03. The molecule has 4 aliphatic rings. The Kier molecular flexibility index (Phi) is 5.67. The Morgan fingerprint density at radius 2 is 2.09 bits per heavy atom. The Morgan fingerprint density at radius 3 is 2.76 bits per heavy atom. The average molecular weight is 487 g/mol. The molecule has 10 nitrogen and oxygen atoms in total. The second-order valence-corrected chi connectivity index (χ2v) is 11.7. The minimum atomic E-state index is -3.58. The minimum Gasteiger partial charge on any atom is -0.330 e. The molecule has 3 heterocycles. The van der Waals surface area contributed by atoms with E-state index >= 15 is 0 Å². The molecular formula is C23H30N6O4S. The van der Waals surface area contributed by atoms with E-state index < -0.39 is 22.1 Å². The number of hydrogen-bond acceptors (Lipinski definition) is 7. The van der Waals surface area contributed by atoms with Crippen LogP contribution in [0.2, 0.25) is 0 Å². The molecular weight excluding hydrogens is 456 g/mol. The fourth-order valence-corrected chi connectivity index (χ4v) is 6.81. The van der Waals surface area contributed by atoms with Crippen molar-refractivity contribution in [2.24, 2.45) is 11.7 Å². The highest BCUT2D eigenvalue weighted by atomic mass is 32.2. The lowest BCUT2D eigenvalue weighted by Crippen LogP contribution is -2.57. The topological polar surface area (TPSA) is 140 Å². The monoisotopic (exact) mass is 486 g/mol. The number of likely N-dealkylation sites (tertiary alicyclic amines) is 3. The van der Waals surface area contributed by atoms with Crippen molar-refractivity contribution in [3.8, 4) is 6.07 Å². The number of benzene rings is 1. The molecule has 2 amide bonds. The lowest BCUT2D eigenvalue weighted by molar-refractivity contribution is -0.141. The first-order chi connectivity index (χ1) is 16.2. The van der Waals surface area contributed by atoms with Gasteiger partial charge in [-0.25, -0.2) is 13.1 Å². The number of piperidine rings is 1. The number of carbonyl (C=O) groups is 2. The Balaban J connectivity index is 1.25. The van der Waals surface area contributed by atoms with Crippen molar-refractivity contribution in [1.82, 2.24) is 19.4 Å². The SMILES string of the molecule is CNS(=O)(=O)c1cccc([C@@H](C)N2C(=O)[C@@H]3CC2CN3C[C@H](N)C(=O)N2[C@H](C#N)C[C@@H]3C[C@@H]32)c1. The van der Waals surface area contributed by atoms with E-state index in [1.165, 1.54) is 13.1 Å². The number of piperazine rings is 1. The summed E-state index contributed by atoms with van der Waals surface area (Å²) >= 11 is 0. The molecule has 2 bridgehead atoms. The van der Waals surface area contributed by atoms with Crippen molar-refractivity contribution in [2.75, 3.05) is 20.1 Å². The van der Waals surface area contributed by atoms with Gasteiger partial charge in [-0.1, -0.05) is 12.1 Å². The first kappa shape index (κ1) is 23.2. The van der Waals surface area contributed by atoms with Gasteiger partial charge in [0.1, 0.15) is 6.04 Å². The zero-order chi connectivity index (χ0) is 24.4. The van der Waals surface area contributed by atoms with E-state index in [4.69, 9.17) is 5.73 Å². The molecule has 34 heavy (non-hydrogen) atoms. The van der Waals surface area contributed by atoms with Crippen LogP contribution in [0.4, 0.5) is 0 Å². The number of sulfonamides is 1. The molecule has 11 heteroatoms. The summed E-state index contributed by atoms with van der Waals surface area (Å²) in [5.74, 6) is 0.213. The van der Waals surface area contributed by atoms with Crippen LogP contribution in [0.25, 0.3) is 0 Å². The highest BCUT2D eigenvalue weighted by Crippen LogP contribution is 2.48. The zero-order valence-electron chi connectivity index (χ0n) is 19.3. The van der Waals surface area contributed by atoms with Crippen LogP contribution in [-0.4, -0.2) is 85.3 Å². The smallest absolute Gasteiger partial charge is 0.242 e. The van der Waals surface area contributed by atoms with Gasteiger partial charge in [-0.15, -0.1) is 0 Å². The Bertz CT molecular complexity index is 1170. The van der Waals surface area contributed by atoms with Gasteiger partial charge >= 0.3 is 0 Å². The second kappa shape index (κ2) is 8.30. The van der Waals surface area contributed by atoms with Crippen LogP contribution >= 0.6 is 0 Å². The van der Waals surface area contributed by atoms with E-state index in [-0.39, 0.29) is 47.4 Å². The largest absolute Gasteiger partial charge is 0.330 e. The average Bonchev–Trinajstić information content (AvgIpc) is 3.15. The van der Waals surface area contributed by atoms with Gasteiger partial charge in [0.2, 0.25) is 21.8 Å². The third-order valence-corrected chi connectivity index (χ3v) is 9.32. The number of carbonyl (C=O) groups excluding carboxylic acids is 2. The number of nitrogens with one attached hydrogen (secondary N) is 1. The van der Waals surface area contributed by atoms with Gasteiger partial charge in [0.15, 0.2) is 0 Å². The molecule has 4 fully saturated rings. The van der Waals surface area contributed by atoms with E-state index in [1.807, 2.05) is 22.8 Å². The number of rotatable bonds is 7. The summed E-state index contributed by atoms with van der Waals surface area (Å²) in [6.07, 6.45) is 2.34. The summed E-state index contributed by atoms with van der Waals surface area (Å²) < 4.78 is 26.7. The van der Waals surface area contributed by atoms with Crippen molar-refractivity contribution in [3.63, 3.8) is 0 Å². The van der Waals surface area contributed by atoms with E-state index in [2.05, 4.69) is 10.8 Å². The standard InChI is InChI=1S/C23H30N6O4S/c1-13(14-4-3-5-18(7-14)34(32,33)26-2)28-17-9-21(23(28)31)27(11-17)12-19(25)22(30)29-16(10-24)6-15-8-20(15)29/h3-5,7,13,15-17,19-21,26H,6,8-9,11-12,25H2,1-2H3/t13-,15-,16+,17?,19+,20+,21+/m1/s1. The molecule has 0 spiro atoms. The quantitative estimate of drug-likeness (QED) is 0.543. The molecule has 5 rings (SSSR count). The fourth-order valence-electron chi connectivity index (χ4n) is 6.03. The molecule has 1 aliphatic carbocycles. The van der Waals surface area contributed by atoms with Crippen LogP contribution in [0, 0.1) is 17.2 Å². The number of nitrogens with zero attached hydrogens (tertiary/aromatic N) is 4. The predicted molar refractivity (Wildman–Crippen MR) is 122 cm³/mol. The molecule has 182 valence electrons. The molecule has 3 aliphatic heterocycles. The van der Waals surface area contributed by atoms with Crippen LogP contribution in [0.3, 0.4) is 0 Å². The van der Waals surface area contributed by atoms with Crippen molar-refractivity contribution >= 4 is 21.8 Å². The number of fused-ring (bicyclic) bond motifs is 3. The lowest BCUT2D eigenvalue weighted by Gasteiger charge is -2.38. The highest BCUT2D eigenvalue weighted by Gasteiger charge is 2.56. The normalized spacial score (nSPS) is 31.9. The first-order valence-corrected chi connectivity index (χ1v) is 13.2. The molecule has 3 saturated heterocycles. The highest BCUT2D eigenvalue weighted by molar-refractivity contribution is 7.89. The first-order valence-electron chi connectivity index (χ1n) is 11.7. The van der Waals surface area contributed by atoms with Crippen molar-refractivity contribution in [3.05, 3.63) is 29.8 Å². The second-order valence-electron chi connectivity index (χ2n) is 9.86. The van der Waals surface area contributed by atoms with Crippen molar-refractivity contribution in [1.29, 1.82) is 5.26 Å². The molecule has 1 aromatic rings. The summed E-state index contributed by atoms with van der Waals surface area (Å²) in [6, 6.07) is 7.23. The maximum atomic E-state index is 13.3. The summed E-state index contributed by atoms with van der Waals surface area (Å²) in [5, 5.41) is 9.38. The molecule has 7 atom stereocenters. The van der Waals surface area contributed by atoms with Gasteiger partial charge in [-0.3, -0.25) is 14.5 Å². The summed E-state index contributed by atoms with van der Waals surface area (Å²) in [7, 11) is -2.21. The van der Waals surface area contributed by atoms with Gasteiger partial charge in [-0.05, 0) is 56.8 Å². The number of nitriles is 1. The number of hydrogen-bond donors (Lipinski definition) is 2. The van der Waals surface area contributed by atoms with Crippen LogP contribution in [0.5, 0.6) is 0 Å². The Hall–Kier alpha value is -2.52. The number of amides is 2. The number of nitrogens with two attached hydrogens (primary N) is 1. The fraction of sp³-hybridized carbons (Fsp3) is 0.609. The van der Waals surface area contributed by atoms with Crippen LogP contribution < -0.4 is 10.5 Å². The minimum absolute atomic E-state index is 0.0224. The molecule has 3 N–H and O–H groups in total. The molecule has 1 unspecified atom stereocenters. The van der Waals surface area contributed by atoms with Crippen molar-refractivity contribution in [2.45, 2.75) is 67.3 Å². The van der Waals surface area contributed by atoms with Gasteiger partial charge in [0.05, 0.1) is 29.1 Å². The molecule has 0 aromatic heterocycles. The van der Waals surface area contributed by atoms with Crippen LogP contribution in [0.1, 0.15) is 37.8 Å². The van der Waals surface area contributed by atoms with Crippen LogP contribution in [0.15, 0.2) is 29.2 Å². The molecule has 1 aromatic carbocycles. The van der Waals surface area contributed by atoms with Crippen molar-refractivity contribution < 1.29 is 18.0 Å². The van der Waals surface area contributed by atoms with Gasteiger partial charge in [0, 0.05) is 25.2 Å². The van der Waals surface area contributed by atoms with Gasteiger partial charge in [-0.2, -0.15) is 5.26 Å². The van der Waals surface area contributed by atoms with E-state index in [1.54, 1.807) is 17.0 Å². The third-order valence-electron chi connectivity index (χ3n) is 7.91. The Morgan fingerprint density at radius 1 is 1.32 bits per heavy atom. The van der Waals surface area contributed by atoms with E-state index in [9.17, 15) is 23.3 Å².